The highest BCUT2D eigenvalue weighted by molar-refractivity contribution is 7.90. The summed E-state index contributed by atoms with van der Waals surface area (Å²) in [6.45, 7) is -0.430. The summed E-state index contributed by atoms with van der Waals surface area (Å²) in [6.07, 6.45) is 0.994. The van der Waals surface area contributed by atoms with Crippen LogP contribution in [0, 0.1) is 5.82 Å². The van der Waals surface area contributed by atoms with Crippen LogP contribution in [0.1, 0.15) is 15.9 Å². The first-order valence-electron chi connectivity index (χ1n) is 7.34. The minimum atomic E-state index is -3.52. The Bertz CT molecular complexity index is 929. The Morgan fingerprint density at radius 2 is 1.81 bits per heavy atom. The summed E-state index contributed by atoms with van der Waals surface area (Å²) in [4.78, 5) is 23.7. The minimum absolute atomic E-state index is 0.00844. The standard InChI is InChI=1S/C17H15ClFNO5S/c1-26(23,24)13-6-7-15(18)14(8-13)17(22)25-10-16(21)20-9-11-2-4-12(19)5-3-11/h2-8H,9-10H2,1H3,(H,20,21). The van der Waals surface area contributed by atoms with Crippen molar-refractivity contribution in [2.24, 2.45) is 0 Å². The molecule has 0 aliphatic carbocycles. The molecule has 0 heterocycles. The second-order valence-electron chi connectivity index (χ2n) is 5.39. The Kier molecular flexibility index (Phi) is 6.33. The van der Waals surface area contributed by atoms with Gasteiger partial charge in [0, 0.05) is 12.8 Å². The fourth-order valence-corrected chi connectivity index (χ4v) is 2.80. The van der Waals surface area contributed by atoms with E-state index in [0.29, 0.717) is 5.56 Å². The molecule has 9 heteroatoms. The van der Waals surface area contributed by atoms with Gasteiger partial charge in [-0.2, -0.15) is 0 Å². The molecule has 0 aromatic heterocycles. The van der Waals surface area contributed by atoms with Crippen molar-refractivity contribution in [1.82, 2.24) is 5.32 Å². The molecule has 138 valence electrons. The summed E-state index contributed by atoms with van der Waals surface area (Å²) in [5, 5.41) is 2.52. The molecule has 0 unspecified atom stereocenters. The molecule has 0 bridgehead atoms. The summed E-state index contributed by atoms with van der Waals surface area (Å²) in [5.74, 6) is -1.88. The fourth-order valence-electron chi connectivity index (χ4n) is 1.95. The molecular weight excluding hydrogens is 385 g/mol. The van der Waals surface area contributed by atoms with Crippen molar-refractivity contribution in [3.63, 3.8) is 0 Å². The van der Waals surface area contributed by atoms with E-state index in [9.17, 15) is 22.4 Å². The van der Waals surface area contributed by atoms with Crippen LogP contribution in [0.15, 0.2) is 47.4 Å². The van der Waals surface area contributed by atoms with E-state index in [4.69, 9.17) is 16.3 Å². The first-order valence-corrected chi connectivity index (χ1v) is 9.61. The van der Waals surface area contributed by atoms with Gasteiger partial charge in [0.25, 0.3) is 5.91 Å². The van der Waals surface area contributed by atoms with E-state index >= 15 is 0 Å². The number of amides is 1. The lowest BCUT2D eigenvalue weighted by Crippen LogP contribution is -2.28. The Labute approximate surface area is 154 Å². The summed E-state index contributed by atoms with van der Waals surface area (Å²) in [5.41, 5.74) is 0.524. The van der Waals surface area contributed by atoms with Crippen molar-refractivity contribution in [3.8, 4) is 0 Å². The van der Waals surface area contributed by atoms with Crippen LogP contribution in [0.25, 0.3) is 0 Å². The van der Waals surface area contributed by atoms with Gasteiger partial charge in [0.2, 0.25) is 0 Å². The van der Waals surface area contributed by atoms with Gasteiger partial charge in [-0.05, 0) is 35.9 Å². The molecule has 2 aromatic rings. The van der Waals surface area contributed by atoms with Crippen molar-refractivity contribution in [3.05, 3.63) is 64.4 Å². The van der Waals surface area contributed by atoms with Crippen molar-refractivity contribution in [2.45, 2.75) is 11.4 Å². The summed E-state index contributed by atoms with van der Waals surface area (Å²) in [7, 11) is -3.52. The van der Waals surface area contributed by atoms with Gasteiger partial charge in [-0.25, -0.2) is 17.6 Å². The molecule has 1 amide bonds. The lowest BCUT2D eigenvalue weighted by Gasteiger charge is -2.08. The van der Waals surface area contributed by atoms with Gasteiger partial charge < -0.3 is 10.1 Å². The highest BCUT2D eigenvalue weighted by Crippen LogP contribution is 2.21. The molecule has 1 N–H and O–H groups in total. The molecule has 0 saturated carbocycles. The van der Waals surface area contributed by atoms with E-state index in [0.717, 1.165) is 12.3 Å². The van der Waals surface area contributed by atoms with Crippen LogP contribution < -0.4 is 5.32 Å². The monoisotopic (exact) mass is 399 g/mol. The lowest BCUT2D eigenvalue weighted by molar-refractivity contribution is -0.124. The molecule has 0 fully saturated rings. The Hall–Kier alpha value is -2.45. The molecular formula is C17H15ClFNO5S. The Balaban J connectivity index is 1.93. The third kappa shape index (κ3) is 5.53. The highest BCUT2D eigenvalue weighted by atomic mass is 35.5. The molecule has 0 atom stereocenters. The van der Waals surface area contributed by atoms with Gasteiger partial charge >= 0.3 is 5.97 Å². The highest BCUT2D eigenvalue weighted by Gasteiger charge is 2.17. The lowest BCUT2D eigenvalue weighted by atomic mass is 10.2. The van der Waals surface area contributed by atoms with E-state index in [2.05, 4.69) is 5.32 Å². The predicted molar refractivity (Wildman–Crippen MR) is 93.1 cm³/mol. The number of halogens is 2. The maximum Gasteiger partial charge on any atom is 0.340 e. The van der Waals surface area contributed by atoms with Crippen LogP contribution in [0.2, 0.25) is 5.02 Å². The number of carbonyl (C=O) groups excluding carboxylic acids is 2. The zero-order chi connectivity index (χ0) is 19.3. The minimum Gasteiger partial charge on any atom is -0.452 e. The van der Waals surface area contributed by atoms with Crippen molar-refractivity contribution in [2.75, 3.05) is 12.9 Å². The van der Waals surface area contributed by atoms with Crippen molar-refractivity contribution >= 4 is 33.3 Å². The van der Waals surface area contributed by atoms with E-state index in [-0.39, 0.29) is 27.8 Å². The zero-order valence-corrected chi connectivity index (χ0v) is 15.2. The Morgan fingerprint density at radius 3 is 2.42 bits per heavy atom. The van der Waals surface area contributed by atoms with E-state index in [1.54, 1.807) is 0 Å². The number of nitrogens with one attached hydrogen (secondary N) is 1. The number of carbonyl (C=O) groups is 2. The summed E-state index contributed by atoms with van der Waals surface area (Å²) in [6, 6.07) is 9.18. The van der Waals surface area contributed by atoms with Crippen LogP contribution in [0.4, 0.5) is 4.39 Å². The largest absolute Gasteiger partial charge is 0.452 e. The van der Waals surface area contributed by atoms with Gasteiger partial charge in [0.1, 0.15) is 5.82 Å². The second kappa shape index (κ2) is 8.29. The maximum absolute atomic E-state index is 12.8. The molecule has 0 spiro atoms. The van der Waals surface area contributed by atoms with Crippen LogP contribution in [0.5, 0.6) is 0 Å². The number of ether oxygens (including phenoxy) is 1. The second-order valence-corrected chi connectivity index (χ2v) is 7.82. The predicted octanol–water partition coefficient (Wildman–Crippen LogP) is 2.36. The smallest absolute Gasteiger partial charge is 0.340 e. The topological polar surface area (TPSA) is 89.5 Å². The number of hydrogen-bond acceptors (Lipinski definition) is 5. The third-order valence-corrected chi connectivity index (χ3v) is 4.76. The van der Waals surface area contributed by atoms with E-state index in [1.807, 2.05) is 0 Å². The number of hydrogen-bond donors (Lipinski definition) is 1. The normalized spacial score (nSPS) is 11.0. The fraction of sp³-hybridized carbons (Fsp3) is 0.176. The average Bonchev–Trinajstić information content (AvgIpc) is 2.58. The number of sulfone groups is 1. The molecule has 0 saturated heterocycles. The quantitative estimate of drug-likeness (QED) is 0.753. The molecule has 6 nitrogen and oxygen atoms in total. The van der Waals surface area contributed by atoms with Crippen LogP contribution in [-0.4, -0.2) is 33.2 Å². The van der Waals surface area contributed by atoms with E-state index in [1.165, 1.54) is 36.4 Å². The zero-order valence-electron chi connectivity index (χ0n) is 13.7. The SMILES string of the molecule is CS(=O)(=O)c1ccc(Cl)c(C(=O)OCC(=O)NCc2ccc(F)cc2)c1. The first-order chi connectivity index (χ1) is 12.2. The Morgan fingerprint density at radius 1 is 1.15 bits per heavy atom. The molecule has 2 aromatic carbocycles. The van der Waals surface area contributed by atoms with Gasteiger partial charge in [-0.15, -0.1) is 0 Å². The van der Waals surface area contributed by atoms with Gasteiger partial charge in [-0.3, -0.25) is 4.79 Å². The number of rotatable bonds is 6. The van der Waals surface area contributed by atoms with E-state index < -0.39 is 28.3 Å². The van der Waals surface area contributed by atoms with Gasteiger partial charge in [0.05, 0.1) is 15.5 Å². The maximum atomic E-state index is 12.8. The number of esters is 1. The van der Waals surface area contributed by atoms with Crippen LogP contribution >= 0.6 is 11.6 Å². The van der Waals surface area contributed by atoms with Crippen LogP contribution in [0.3, 0.4) is 0 Å². The average molecular weight is 400 g/mol. The summed E-state index contributed by atoms with van der Waals surface area (Å²) >= 11 is 5.88. The molecule has 0 aliphatic rings. The number of benzene rings is 2. The summed E-state index contributed by atoms with van der Waals surface area (Å²) < 4.78 is 40.7. The molecule has 2 rings (SSSR count). The van der Waals surface area contributed by atoms with Crippen molar-refractivity contribution in [1.29, 1.82) is 0 Å². The molecule has 26 heavy (non-hydrogen) atoms. The van der Waals surface area contributed by atoms with Gasteiger partial charge in [0.15, 0.2) is 16.4 Å². The molecule has 0 radical (unpaired) electrons. The van der Waals surface area contributed by atoms with Crippen molar-refractivity contribution < 1.29 is 27.1 Å². The third-order valence-electron chi connectivity index (χ3n) is 3.32. The first kappa shape index (κ1) is 19.9. The molecule has 0 aliphatic heterocycles. The van der Waals surface area contributed by atoms with Gasteiger partial charge in [-0.1, -0.05) is 23.7 Å². The van der Waals surface area contributed by atoms with Crippen LogP contribution in [-0.2, 0) is 25.9 Å².